The number of anilines is 1. The zero-order chi connectivity index (χ0) is 27.8. The van der Waals surface area contributed by atoms with E-state index in [0.29, 0.717) is 23.4 Å². The molecule has 0 aliphatic heterocycles. The van der Waals surface area contributed by atoms with Crippen LogP contribution in [0.5, 0.6) is 0 Å². The lowest BCUT2D eigenvalue weighted by atomic mass is 9.91. The van der Waals surface area contributed by atoms with Gasteiger partial charge in [0.05, 0.1) is 0 Å². The maximum Gasteiger partial charge on any atom is 0.259 e. The molecule has 0 bridgehead atoms. The van der Waals surface area contributed by atoms with Crippen molar-refractivity contribution in [2.24, 2.45) is 11.1 Å². The van der Waals surface area contributed by atoms with Crippen LogP contribution in [0.15, 0.2) is 54.6 Å². The molecule has 1 aliphatic carbocycles. The van der Waals surface area contributed by atoms with Crippen LogP contribution in [0.4, 0.5) is 14.5 Å². The average molecular weight is 520 g/mol. The first-order valence-electron chi connectivity index (χ1n) is 12.5. The van der Waals surface area contributed by atoms with Crippen molar-refractivity contribution in [2.75, 3.05) is 11.4 Å². The summed E-state index contributed by atoms with van der Waals surface area (Å²) in [6, 6.07) is 12.7. The number of hydrogen-bond donors (Lipinski definition) is 2. The molecule has 3 aromatic carbocycles. The van der Waals surface area contributed by atoms with Crippen molar-refractivity contribution in [1.82, 2.24) is 5.32 Å². The summed E-state index contributed by atoms with van der Waals surface area (Å²) in [5.74, 6) is -2.64. The number of nitrogens with one attached hydrogen (secondary N) is 1. The van der Waals surface area contributed by atoms with Crippen molar-refractivity contribution in [2.45, 2.75) is 46.6 Å². The van der Waals surface area contributed by atoms with E-state index in [4.69, 9.17) is 5.73 Å². The first kappa shape index (κ1) is 27.0. The van der Waals surface area contributed by atoms with Gasteiger partial charge in [0.1, 0.15) is 11.6 Å². The monoisotopic (exact) mass is 519 g/mol. The summed E-state index contributed by atoms with van der Waals surface area (Å²) in [5, 5.41) is 2.88. The lowest BCUT2D eigenvalue weighted by Crippen LogP contribution is -2.34. The minimum atomic E-state index is -0.804. The van der Waals surface area contributed by atoms with Gasteiger partial charge in [0.2, 0.25) is 5.91 Å². The minimum absolute atomic E-state index is 0.0360. The molecule has 1 saturated carbocycles. The van der Waals surface area contributed by atoms with Crippen LogP contribution in [0.25, 0.3) is 11.1 Å². The van der Waals surface area contributed by atoms with Gasteiger partial charge in [-0.1, -0.05) is 26.8 Å². The molecular formula is C30H31F2N3O3. The average Bonchev–Trinajstić information content (AvgIpc) is 3.69. The number of carbonyl (C=O) groups is 3. The SMILES string of the molecule is Cc1c(F)cc(C(N)=O)cc1-c1ccc(C(=O)NCC(C)(C)C)cc1C(=O)N(c1ccc(F)cc1)C1CC1. The minimum Gasteiger partial charge on any atom is -0.366 e. The first-order valence-corrected chi connectivity index (χ1v) is 12.5. The second-order valence-corrected chi connectivity index (χ2v) is 10.9. The van der Waals surface area contributed by atoms with E-state index in [0.717, 1.165) is 18.9 Å². The zero-order valence-corrected chi connectivity index (χ0v) is 21.9. The number of hydrogen-bond acceptors (Lipinski definition) is 3. The molecule has 3 aromatic rings. The molecule has 3 N–H and O–H groups in total. The van der Waals surface area contributed by atoms with E-state index in [9.17, 15) is 23.2 Å². The Bertz CT molecular complexity index is 1410. The Kier molecular flexibility index (Phi) is 7.35. The topological polar surface area (TPSA) is 92.5 Å². The summed E-state index contributed by atoms with van der Waals surface area (Å²) >= 11 is 0. The molecule has 0 heterocycles. The molecule has 1 fully saturated rings. The maximum absolute atomic E-state index is 14.8. The largest absolute Gasteiger partial charge is 0.366 e. The van der Waals surface area contributed by atoms with Crippen LogP contribution in [-0.2, 0) is 0 Å². The van der Waals surface area contributed by atoms with Crippen LogP contribution in [-0.4, -0.2) is 30.3 Å². The van der Waals surface area contributed by atoms with E-state index in [1.807, 2.05) is 20.8 Å². The van der Waals surface area contributed by atoms with Crippen molar-refractivity contribution in [3.63, 3.8) is 0 Å². The van der Waals surface area contributed by atoms with Crippen molar-refractivity contribution in [3.8, 4) is 11.1 Å². The van der Waals surface area contributed by atoms with Gasteiger partial charge in [0.15, 0.2) is 0 Å². The summed E-state index contributed by atoms with van der Waals surface area (Å²) < 4.78 is 28.5. The summed E-state index contributed by atoms with van der Waals surface area (Å²) in [5.41, 5.74) is 7.09. The van der Waals surface area contributed by atoms with Crippen LogP contribution < -0.4 is 16.0 Å². The van der Waals surface area contributed by atoms with Crippen LogP contribution >= 0.6 is 0 Å². The predicted octanol–water partition coefficient (Wildman–Crippen LogP) is 5.62. The van der Waals surface area contributed by atoms with Gasteiger partial charge in [0, 0.05) is 35.0 Å². The van der Waals surface area contributed by atoms with Crippen molar-refractivity contribution in [1.29, 1.82) is 0 Å². The first-order chi connectivity index (χ1) is 17.9. The third-order valence-corrected chi connectivity index (χ3v) is 6.45. The number of amides is 3. The number of primary amides is 1. The summed E-state index contributed by atoms with van der Waals surface area (Å²) in [6.07, 6.45) is 1.55. The molecular weight excluding hydrogens is 488 g/mol. The van der Waals surface area contributed by atoms with Gasteiger partial charge >= 0.3 is 0 Å². The Labute approximate surface area is 220 Å². The molecule has 1 aliphatic rings. The molecule has 198 valence electrons. The van der Waals surface area contributed by atoms with E-state index in [1.165, 1.54) is 36.4 Å². The highest BCUT2D eigenvalue weighted by Gasteiger charge is 2.35. The highest BCUT2D eigenvalue weighted by Crippen LogP contribution is 2.37. The Balaban J connectivity index is 1.87. The van der Waals surface area contributed by atoms with Gasteiger partial charge < -0.3 is 16.0 Å². The second-order valence-electron chi connectivity index (χ2n) is 10.9. The number of rotatable bonds is 7. The fourth-order valence-corrected chi connectivity index (χ4v) is 4.20. The van der Waals surface area contributed by atoms with Gasteiger partial charge in [0.25, 0.3) is 11.8 Å². The molecule has 6 nitrogen and oxygen atoms in total. The Morgan fingerprint density at radius 3 is 2.18 bits per heavy atom. The Hall–Kier alpha value is -4.07. The number of benzene rings is 3. The van der Waals surface area contributed by atoms with E-state index in [-0.39, 0.29) is 39.6 Å². The lowest BCUT2D eigenvalue weighted by Gasteiger charge is -2.25. The number of carbonyl (C=O) groups excluding carboxylic acids is 3. The van der Waals surface area contributed by atoms with Gasteiger partial charge in [-0.15, -0.1) is 0 Å². The quantitative estimate of drug-likeness (QED) is 0.424. The smallest absolute Gasteiger partial charge is 0.259 e. The summed E-state index contributed by atoms with van der Waals surface area (Å²) in [7, 11) is 0. The molecule has 3 amide bonds. The molecule has 0 saturated heterocycles. The second kappa shape index (κ2) is 10.4. The Morgan fingerprint density at radius 1 is 0.947 bits per heavy atom. The fraction of sp³-hybridized carbons (Fsp3) is 0.300. The number of nitrogens with two attached hydrogens (primary N) is 1. The molecule has 8 heteroatoms. The highest BCUT2D eigenvalue weighted by molar-refractivity contribution is 6.12. The summed E-state index contributed by atoms with van der Waals surface area (Å²) in [6.45, 7) is 7.94. The molecule has 0 atom stereocenters. The molecule has 0 spiro atoms. The maximum atomic E-state index is 14.8. The van der Waals surface area contributed by atoms with Crippen LogP contribution in [0.2, 0.25) is 0 Å². The Morgan fingerprint density at radius 2 is 1.61 bits per heavy atom. The van der Waals surface area contributed by atoms with Gasteiger partial charge in [-0.25, -0.2) is 8.78 Å². The summed E-state index contributed by atoms with van der Waals surface area (Å²) in [4.78, 5) is 40.6. The lowest BCUT2D eigenvalue weighted by molar-refractivity contribution is 0.0938. The predicted molar refractivity (Wildman–Crippen MR) is 143 cm³/mol. The fourth-order valence-electron chi connectivity index (χ4n) is 4.20. The molecule has 4 rings (SSSR count). The van der Waals surface area contributed by atoms with Crippen LogP contribution in [0.3, 0.4) is 0 Å². The van der Waals surface area contributed by atoms with Crippen LogP contribution in [0, 0.1) is 24.0 Å². The van der Waals surface area contributed by atoms with E-state index in [1.54, 1.807) is 24.0 Å². The van der Waals surface area contributed by atoms with E-state index in [2.05, 4.69) is 5.32 Å². The number of nitrogens with zero attached hydrogens (tertiary/aromatic N) is 1. The highest BCUT2D eigenvalue weighted by atomic mass is 19.1. The van der Waals surface area contributed by atoms with Crippen molar-refractivity contribution < 1.29 is 23.2 Å². The molecule has 0 aromatic heterocycles. The van der Waals surface area contributed by atoms with E-state index >= 15 is 0 Å². The van der Waals surface area contributed by atoms with Gasteiger partial charge in [-0.3, -0.25) is 14.4 Å². The standard InChI is InChI=1S/C30H31F2N3O3/c1-17-24(14-19(27(33)36)15-26(17)32)23-12-5-18(28(37)34-16-30(2,3)4)13-25(23)29(38)35(22-10-11-22)21-8-6-20(31)7-9-21/h5-9,12-15,22H,10-11,16H2,1-4H3,(H2,33,36)(H,34,37). The normalized spacial score (nSPS) is 13.2. The molecule has 38 heavy (non-hydrogen) atoms. The zero-order valence-electron chi connectivity index (χ0n) is 21.9. The van der Waals surface area contributed by atoms with Gasteiger partial charge in [-0.05, 0) is 90.4 Å². The third kappa shape index (κ3) is 5.90. The van der Waals surface area contributed by atoms with E-state index < -0.39 is 23.4 Å². The molecule has 0 radical (unpaired) electrons. The van der Waals surface area contributed by atoms with Gasteiger partial charge in [-0.2, -0.15) is 0 Å². The van der Waals surface area contributed by atoms with Crippen molar-refractivity contribution >= 4 is 23.4 Å². The molecule has 0 unspecified atom stereocenters. The van der Waals surface area contributed by atoms with Crippen molar-refractivity contribution in [3.05, 3.63) is 88.5 Å². The third-order valence-electron chi connectivity index (χ3n) is 6.45. The van der Waals surface area contributed by atoms with Crippen LogP contribution in [0.1, 0.15) is 70.3 Å². The number of halogens is 2.